The molecule has 1 N–H and O–H groups in total. The number of amides is 1. The number of aromatic nitrogens is 3. The second kappa shape index (κ2) is 10.2. The molecule has 7 heteroatoms. The van der Waals surface area contributed by atoms with Gasteiger partial charge in [0.15, 0.2) is 11.0 Å². The summed E-state index contributed by atoms with van der Waals surface area (Å²) in [6.45, 7) is 6.14. The van der Waals surface area contributed by atoms with E-state index in [-0.39, 0.29) is 11.7 Å². The van der Waals surface area contributed by atoms with Gasteiger partial charge in [-0.1, -0.05) is 72.2 Å². The van der Waals surface area contributed by atoms with Crippen molar-refractivity contribution >= 4 is 35.0 Å². The van der Waals surface area contributed by atoms with Gasteiger partial charge in [-0.2, -0.15) is 0 Å². The standard InChI is InChI=1S/C26H25ClN4OS/c1-4-19-9-6-8-18(3)24(19)28-23(32)16-33-26-30-29-25(20-10-5-7-17(2)15-20)31(26)22-13-11-21(27)12-14-22/h5-15H,4,16H2,1-3H3,(H,28,32). The number of hydrogen-bond donors (Lipinski definition) is 1. The first kappa shape index (κ1) is 23.1. The zero-order valence-corrected chi connectivity index (χ0v) is 20.4. The second-order valence-electron chi connectivity index (χ2n) is 7.79. The van der Waals surface area contributed by atoms with Gasteiger partial charge >= 0.3 is 0 Å². The Hall–Kier alpha value is -3.09. The van der Waals surface area contributed by atoms with Gasteiger partial charge in [0.25, 0.3) is 0 Å². The van der Waals surface area contributed by atoms with Crippen molar-refractivity contribution < 1.29 is 4.79 Å². The number of aryl methyl sites for hydroxylation is 3. The van der Waals surface area contributed by atoms with E-state index in [1.54, 1.807) is 0 Å². The number of anilines is 1. The maximum atomic E-state index is 12.8. The van der Waals surface area contributed by atoms with Crippen LogP contribution in [-0.2, 0) is 11.2 Å². The Bertz CT molecular complexity index is 1280. The Morgan fingerprint density at radius 1 is 1.03 bits per heavy atom. The quantitative estimate of drug-likeness (QED) is 0.309. The smallest absolute Gasteiger partial charge is 0.234 e. The van der Waals surface area contributed by atoms with E-state index in [1.807, 2.05) is 79.1 Å². The zero-order chi connectivity index (χ0) is 23.4. The van der Waals surface area contributed by atoms with Crippen molar-refractivity contribution in [2.75, 3.05) is 11.1 Å². The van der Waals surface area contributed by atoms with Gasteiger partial charge in [-0.3, -0.25) is 9.36 Å². The summed E-state index contributed by atoms with van der Waals surface area (Å²) in [5.41, 5.74) is 6.05. The van der Waals surface area contributed by atoms with E-state index < -0.39 is 0 Å². The lowest BCUT2D eigenvalue weighted by atomic mass is 10.1. The van der Waals surface area contributed by atoms with Crippen LogP contribution in [0.2, 0.25) is 5.02 Å². The molecule has 0 aliphatic rings. The summed E-state index contributed by atoms with van der Waals surface area (Å²) in [7, 11) is 0. The van der Waals surface area contributed by atoms with Gasteiger partial charge in [0.05, 0.1) is 5.75 Å². The number of hydrogen-bond acceptors (Lipinski definition) is 4. The molecular formula is C26H25ClN4OS. The molecule has 3 aromatic carbocycles. The van der Waals surface area contributed by atoms with Crippen LogP contribution in [0, 0.1) is 13.8 Å². The maximum Gasteiger partial charge on any atom is 0.234 e. The first-order valence-corrected chi connectivity index (χ1v) is 12.1. The number of para-hydroxylation sites is 1. The summed E-state index contributed by atoms with van der Waals surface area (Å²) in [6.07, 6.45) is 0.856. The number of carbonyl (C=O) groups is 1. The average molecular weight is 477 g/mol. The van der Waals surface area contributed by atoms with E-state index in [2.05, 4.69) is 28.5 Å². The molecule has 1 heterocycles. The van der Waals surface area contributed by atoms with E-state index in [1.165, 1.54) is 11.8 Å². The lowest BCUT2D eigenvalue weighted by molar-refractivity contribution is -0.113. The molecule has 0 radical (unpaired) electrons. The summed E-state index contributed by atoms with van der Waals surface area (Å²) in [5, 5.41) is 13.2. The van der Waals surface area contributed by atoms with E-state index >= 15 is 0 Å². The average Bonchev–Trinajstić information content (AvgIpc) is 3.23. The Morgan fingerprint density at radius 2 is 1.79 bits per heavy atom. The minimum atomic E-state index is -0.0771. The third-order valence-corrected chi connectivity index (χ3v) is 6.51. The van der Waals surface area contributed by atoms with Crippen molar-refractivity contribution in [2.24, 2.45) is 0 Å². The minimum absolute atomic E-state index is 0.0771. The van der Waals surface area contributed by atoms with Gasteiger partial charge < -0.3 is 5.32 Å². The van der Waals surface area contributed by atoms with Gasteiger partial charge in [0.2, 0.25) is 5.91 Å². The summed E-state index contributed by atoms with van der Waals surface area (Å²) in [5.74, 6) is 0.861. The van der Waals surface area contributed by atoms with Gasteiger partial charge in [-0.15, -0.1) is 10.2 Å². The molecule has 0 spiro atoms. The highest BCUT2D eigenvalue weighted by Gasteiger charge is 2.18. The van der Waals surface area contributed by atoms with Crippen LogP contribution in [0.15, 0.2) is 71.9 Å². The molecule has 1 amide bonds. The molecule has 0 saturated heterocycles. The number of nitrogens with one attached hydrogen (secondary N) is 1. The van der Waals surface area contributed by atoms with Crippen molar-refractivity contribution in [2.45, 2.75) is 32.3 Å². The SMILES string of the molecule is CCc1cccc(C)c1NC(=O)CSc1nnc(-c2cccc(C)c2)n1-c1ccc(Cl)cc1. The van der Waals surface area contributed by atoms with Crippen molar-refractivity contribution in [1.82, 2.24) is 14.8 Å². The zero-order valence-electron chi connectivity index (χ0n) is 18.8. The highest BCUT2D eigenvalue weighted by Crippen LogP contribution is 2.29. The second-order valence-corrected chi connectivity index (χ2v) is 9.17. The van der Waals surface area contributed by atoms with Crippen molar-refractivity contribution in [3.8, 4) is 17.1 Å². The van der Waals surface area contributed by atoms with Gasteiger partial charge in [-0.05, 0) is 61.7 Å². The molecule has 33 heavy (non-hydrogen) atoms. The third kappa shape index (κ3) is 5.29. The van der Waals surface area contributed by atoms with Crippen LogP contribution in [-0.4, -0.2) is 26.4 Å². The summed E-state index contributed by atoms with van der Waals surface area (Å²) in [4.78, 5) is 12.8. The molecule has 5 nitrogen and oxygen atoms in total. The van der Waals surface area contributed by atoms with Crippen LogP contribution < -0.4 is 5.32 Å². The molecule has 0 saturated carbocycles. The van der Waals surface area contributed by atoms with Crippen LogP contribution in [0.5, 0.6) is 0 Å². The summed E-state index contributed by atoms with van der Waals surface area (Å²) >= 11 is 7.47. The molecular weight excluding hydrogens is 452 g/mol. The monoisotopic (exact) mass is 476 g/mol. The number of nitrogens with zero attached hydrogens (tertiary/aromatic N) is 3. The predicted octanol–water partition coefficient (Wildman–Crippen LogP) is 6.50. The molecule has 0 aliphatic heterocycles. The fraction of sp³-hybridized carbons (Fsp3) is 0.192. The molecule has 4 rings (SSSR count). The highest BCUT2D eigenvalue weighted by atomic mass is 35.5. The first-order valence-electron chi connectivity index (χ1n) is 10.8. The highest BCUT2D eigenvalue weighted by molar-refractivity contribution is 7.99. The molecule has 0 unspecified atom stereocenters. The normalized spacial score (nSPS) is 10.9. The van der Waals surface area contributed by atoms with Crippen molar-refractivity contribution in [1.29, 1.82) is 0 Å². The molecule has 0 fully saturated rings. The van der Waals surface area contributed by atoms with Gasteiger partial charge in [0, 0.05) is 22.0 Å². The maximum absolute atomic E-state index is 12.8. The van der Waals surface area contributed by atoms with Crippen LogP contribution >= 0.6 is 23.4 Å². The van der Waals surface area contributed by atoms with E-state index in [9.17, 15) is 4.79 Å². The van der Waals surface area contributed by atoms with Crippen LogP contribution in [0.3, 0.4) is 0 Å². The first-order chi connectivity index (χ1) is 16.0. The lowest BCUT2D eigenvalue weighted by Crippen LogP contribution is -2.16. The largest absolute Gasteiger partial charge is 0.325 e. The van der Waals surface area contributed by atoms with Gasteiger partial charge in [-0.25, -0.2) is 0 Å². The van der Waals surface area contributed by atoms with E-state index in [0.717, 1.165) is 45.9 Å². The fourth-order valence-corrected chi connectivity index (χ4v) is 4.54. The van der Waals surface area contributed by atoms with Crippen LogP contribution in [0.1, 0.15) is 23.6 Å². The van der Waals surface area contributed by atoms with E-state index in [4.69, 9.17) is 11.6 Å². The summed E-state index contributed by atoms with van der Waals surface area (Å²) < 4.78 is 1.97. The lowest BCUT2D eigenvalue weighted by Gasteiger charge is -2.13. The number of carbonyl (C=O) groups excluding carboxylic acids is 1. The molecule has 4 aromatic rings. The molecule has 168 valence electrons. The molecule has 0 bridgehead atoms. The van der Waals surface area contributed by atoms with Gasteiger partial charge in [0.1, 0.15) is 0 Å². The van der Waals surface area contributed by atoms with Crippen LogP contribution in [0.25, 0.3) is 17.1 Å². The number of rotatable bonds is 7. The molecule has 1 aromatic heterocycles. The van der Waals surface area contributed by atoms with E-state index in [0.29, 0.717) is 10.2 Å². The molecule has 0 aliphatic carbocycles. The Kier molecular flexibility index (Phi) is 7.16. The Labute approximate surface area is 203 Å². The Balaban J connectivity index is 1.62. The summed E-state index contributed by atoms with van der Waals surface area (Å²) in [6, 6.07) is 21.7. The van der Waals surface area contributed by atoms with Crippen LogP contribution in [0.4, 0.5) is 5.69 Å². The van der Waals surface area contributed by atoms with Crippen molar-refractivity contribution in [3.63, 3.8) is 0 Å². The predicted molar refractivity (Wildman–Crippen MR) is 136 cm³/mol. The third-order valence-electron chi connectivity index (χ3n) is 5.33. The molecule has 0 atom stereocenters. The topological polar surface area (TPSA) is 59.8 Å². The Morgan fingerprint density at radius 3 is 2.52 bits per heavy atom. The number of halogens is 1. The number of thioether (sulfide) groups is 1. The fourth-order valence-electron chi connectivity index (χ4n) is 3.67. The van der Waals surface area contributed by atoms with Crippen molar-refractivity contribution in [3.05, 3.63) is 88.4 Å². The number of benzene rings is 3. The minimum Gasteiger partial charge on any atom is -0.325 e.